The molecule has 1 atom stereocenters. The Balaban J connectivity index is 3.54. The molecule has 0 spiro atoms. The summed E-state index contributed by atoms with van der Waals surface area (Å²) in [6, 6.07) is 2.31. The minimum atomic E-state index is -0.733. The van der Waals surface area contributed by atoms with E-state index in [1.165, 1.54) is 0 Å². The molecule has 3 heteroatoms. The van der Waals surface area contributed by atoms with Crippen LogP contribution in [0.25, 0.3) is 0 Å². The highest BCUT2D eigenvalue weighted by Crippen LogP contribution is 2.27. The van der Waals surface area contributed by atoms with E-state index in [-0.39, 0.29) is 11.8 Å². The van der Waals surface area contributed by atoms with Crippen LogP contribution in [0, 0.1) is 16.7 Å². The molecule has 0 aromatic heterocycles. The van der Waals surface area contributed by atoms with Gasteiger partial charge in [0.15, 0.2) is 0 Å². The second-order valence-corrected chi connectivity index (χ2v) is 3.98. The van der Waals surface area contributed by atoms with Gasteiger partial charge in [0.25, 0.3) is 0 Å². The van der Waals surface area contributed by atoms with Crippen LogP contribution in [0.4, 0.5) is 0 Å². The van der Waals surface area contributed by atoms with Crippen molar-refractivity contribution in [2.45, 2.75) is 52.4 Å². The maximum atomic E-state index is 10.2. The molecule has 0 aromatic carbocycles. The molecular weight excluding hydrogens is 178 g/mol. The summed E-state index contributed by atoms with van der Waals surface area (Å²) < 4.78 is 0. The normalized spacial score (nSPS) is 14.4. The van der Waals surface area contributed by atoms with Gasteiger partial charge in [-0.05, 0) is 26.2 Å². The lowest BCUT2D eigenvalue weighted by atomic mass is 9.84. The molecule has 0 aliphatic rings. The van der Waals surface area contributed by atoms with Gasteiger partial charge in [0, 0.05) is 6.42 Å². The third kappa shape index (κ3) is 5.58. The minimum absolute atomic E-state index is 0.219. The van der Waals surface area contributed by atoms with Gasteiger partial charge in [0.05, 0.1) is 11.5 Å². The lowest BCUT2D eigenvalue weighted by Gasteiger charge is -2.18. The average Bonchev–Trinajstić information content (AvgIpc) is 2.16. The van der Waals surface area contributed by atoms with Crippen molar-refractivity contribution < 1.29 is 9.90 Å². The molecule has 0 bridgehead atoms. The molecule has 3 nitrogen and oxygen atoms in total. The molecular formula is C11H19NO2. The van der Waals surface area contributed by atoms with Crippen molar-refractivity contribution in [2.24, 2.45) is 5.41 Å². The van der Waals surface area contributed by atoms with Crippen molar-refractivity contribution in [3.05, 3.63) is 0 Å². The predicted molar refractivity (Wildman–Crippen MR) is 54.7 cm³/mol. The van der Waals surface area contributed by atoms with Crippen LogP contribution in [-0.4, -0.2) is 11.1 Å². The third-order valence-electron chi connectivity index (χ3n) is 2.67. The van der Waals surface area contributed by atoms with Crippen LogP contribution >= 0.6 is 0 Å². The zero-order valence-corrected chi connectivity index (χ0v) is 9.05. The Morgan fingerprint density at radius 1 is 1.43 bits per heavy atom. The molecule has 0 fully saturated rings. The lowest BCUT2D eigenvalue weighted by Crippen LogP contribution is -2.11. The summed E-state index contributed by atoms with van der Waals surface area (Å²) in [5, 5.41) is 17.3. The largest absolute Gasteiger partial charge is 0.481 e. The maximum Gasteiger partial charge on any atom is 0.303 e. The fourth-order valence-corrected chi connectivity index (χ4v) is 1.28. The molecule has 0 saturated carbocycles. The van der Waals surface area contributed by atoms with Crippen LogP contribution in [0.2, 0.25) is 0 Å². The number of carbonyl (C=O) groups is 1. The lowest BCUT2D eigenvalue weighted by molar-refractivity contribution is -0.137. The number of unbranched alkanes of at least 4 members (excludes halogenated alkanes) is 2. The van der Waals surface area contributed by atoms with Crippen LogP contribution < -0.4 is 0 Å². The quantitative estimate of drug-likeness (QED) is 0.638. The van der Waals surface area contributed by atoms with Crippen LogP contribution in [-0.2, 0) is 4.79 Å². The maximum absolute atomic E-state index is 10.2. The highest BCUT2D eigenvalue weighted by atomic mass is 16.4. The first-order valence-electron chi connectivity index (χ1n) is 5.17. The molecule has 1 unspecified atom stereocenters. The van der Waals surface area contributed by atoms with Gasteiger partial charge >= 0.3 is 5.97 Å². The van der Waals surface area contributed by atoms with E-state index in [1.54, 1.807) is 0 Å². The summed E-state index contributed by atoms with van der Waals surface area (Å²) in [4.78, 5) is 10.2. The van der Waals surface area contributed by atoms with Gasteiger partial charge in [-0.3, -0.25) is 4.79 Å². The monoisotopic (exact) mass is 197 g/mol. The molecule has 0 rings (SSSR count). The van der Waals surface area contributed by atoms with Crippen molar-refractivity contribution in [3.63, 3.8) is 0 Å². The molecule has 1 N–H and O–H groups in total. The number of nitrogens with zero attached hydrogens (tertiary/aromatic N) is 1. The van der Waals surface area contributed by atoms with E-state index in [0.29, 0.717) is 0 Å². The standard InChI is InChI=1S/C11H19NO2/c1-3-11(2,9-12)8-6-4-5-7-10(13)14/h3-8H2,1-2H3,(H,13,14). The van der Waals surface area contributed by atoms with E-state index in [1.807, 2.05) is 13.8 Å². The van der Waals surface area contributed by atoms with E-state index in [0.717, 1.165) is 32.1 Å². The fourth-order valence-electron chi connectivity index (χ4n) is 1.28. The van der Waals surface area contributed by atoms with Crippen molar-refractivity contribution >= 4 is 5.97 Å². The summed E-state index contributed by atoms with van der Waals surface area (Å²) in [5.74, 6) is -0.733. The van der Waals surface area contributed by atoms with Crippen LogP contribution in [0.5, 0.6) is 0 Å². The number of nitriles is 1. The van der Waals surface area contributed by atoms with Gasteiger partial charge in [-0.25, -0.2) is 0 Å². The Bertz CT molecular complexity index is 220. The number of hydrogen-bond donors (Lipinski definition) is 1. The smallest absolute Gasteiger partial charge is 0.303 e. The Kier molecular flexibility index (Phi) is 5.94. The van der Waals surface area contributed by atoms with Crippen molar-refractivity contribution in [1.29, 1.82) is 5.26 Å². The molecule has 80 valence electrons. The summed E-state index contributed by atoms with van der Waals surface area (Å²) in [6.45, 7) is 3.98. The van der Waals surface area contributed by atoms with Gasteiger partial charge in [-0.15, -0.1) is 0 Å². The highest BCUT2D eigenvalue weighted by molar-refractivity contribution is 5.66. The van der Waals surface area contributed by atoms with Crippen molar-refractivity contribution in [3.8, 4) is 6.07 Å². The molecule has 0 heterocycles. The minimum Gasteiger partial charge on any atom is -0.481 e. The summed E-state index contributed by atoms with van der Waals surface area (Å²) >= 11 is 0. The highest BCUT2D eigenvalue weighted by Gasteiger charge is 2.20. The van der Waals surface area contributed by atoms with Gasteiger partial charge in [0.1, 0.15) is 0 Å². The van der Waals surface area contributed by atoms with Gasteiger partial charge in [-0.1, -0.05) is 19.8 Å². The first-order chi connectivity index (χ1) is 6.54. The van der Waals surface area contributed by atoms with Gasteiger partial charge in [-0.2, -0.15) is 5.26 Å². The molecule has 0 radical (unpaired) electrons. The van der Waals surface area contributed by atoms with Gasteiger partial charge < -0.3 is 5.11 Å². The second kappa shape index (κ2) is 6.42. The zero-order chi connectivity index (χ0) is 11.0. The van der Waals surface area contributed by atoms with Crippen molar-refractivity contribution in [1.82, 2.24) is 0 Å². The number of carboxylic acid groups (broad SMARTS) is 1. The summed E-state index contributed by atoms with van der Waals surface area (Å²) in [5.41, 5.74) is -0.219. The van der Waals surface area contributed by atoms with Gasteiger partial charge in [0.2, 0.25) is 0 Å². The topological polar surface area (TPSA) is 61.1 Å². The summed E-state index contributed by atoms with van der Waals surface area (Å²) in [7, 11) is 0. The van der Waals surface area contributed by atoms with Crippen molar-refractivity contribution in [2.75, 3.05) is 0 Å². The van der Waals surface area contributed by atoms with E-state index in [4.69, 9.17) is 10.4 Å². The first-order valence-corrected chi connectivity index (χ1v) is 5.17. The number of aliphatic carboxylic acids is 1. The molecule has 0 aliphatic carbocycles. The van der Waals surface area contributed by atoms with E-state index >= 15 is 0 Å². The van der Waals surface area contributed by atoms with Crippen LogP contribution in [0.3, 0.4) is 0 Å². The molecule has 0 aliphatic heterocycles. The first kappa shape index (κ1) is 13.0. The summed E-state index contributed by atoms with van der Waals surface area (Å²) in [6.07, 6.45) is 4.56. The fraction of sp³-hybridized carbons (Fsp3) is 0.818. The van der Waals surface area contributed by atoms with Crippen LogP contribution in [0.1, 0.15) is 52.4 Å². The average molecular weight is 197 g/mol. The Labute approximate surface area is 85.7 Å². The Hall–Kier alpha value is -1.04. The third-order valence-corrected chi connectivity index (χ3v) is 2.67. The Morgan fingerprint density at radius 3 is 2.50 bits per heavy atom. The number of carboxylic acids is 1. The molecule has 0 saturated heterocycles. The zero-order valence-electron chi connectivity index (χ0n) is 9.05. The number of hydrogen-bond acceptors (Lipinski definition) is 2. The predicted octanol–water partition coefficient (Wildman–Crippen LogP) is 2.96. The van der Waals surface area contributed by atoms with E-state index in [2.05, 4.69) is 6.07 Å². The Morgan fingerprint density at radius 2 is 2.07 bits per heavy atom. The van der Waals surface area contributed by atoms with E-state index < -0.39 is 5.97 Å². The molecule has 14 heavy (non-hydrogen) atoms. The molecule has 0 amide bonds. The SMILES string of the molecule is CCC(C)(C#N)CCCCCC(=O)O. The number of rotatable bonds is 7. The molecule has 0 aromatic rings. The second-order valence-electron chi connectivity index (χ2n) is 3.98. The van der Waals surface area contributed by atoms with E-state index in [9.17, 15) is 4.79 Å². The van der Waals surface area contributed by atoms with Crippen LogP contribution in [0.15, 0.2) is 0 Å².